The summed E-state index contributed by atoms with van der Waals surface area (Å²) >= 11 is 0. The Balaban J connectivity index is 1.64. The third kappa shape index (κ3) is 3.73. The van der Waals surface area contributed by atoms with Crippen LogP contribution < -0.4 is 10.2 Å². The van der Waals surface area contributed by atoms with Gasteiger partial charge in [0.05, 0.1) is 5.56 Å². The summed E-state index contributed by atoms with van der Waals surface area (Å²) in [6.45, 7) is 0.574. The second-order valence-corrected chi connectivity index (χ2v) is 5.21. The lowest BCUT2D eigenvalue weighted by Gasteiger charge is -2.17. The van der Waals surface area contributed by atoms with Crippen LogP contribution in [0.5, 0.6) is 0 Å². The molecule has 0 saturated carbocycles. The molecule has 3 rings (SSSR count). The Bertz CT molecular complexity index is 791. The summed E-state index contributed by atoms with van der Waals surface area (Å²) in [7, 11) is 1.73. The number of pyridine rings is 1. The summed E-state index contributed by atoms with van der Waals surface area (Å²) in [5, 5.41) is 3.10. The molecule has 6 nitrogen and oxygen atoms in total. The van der Waals surface area contributed by atoms with Gasteiger partial charge >= 0.3 is 0 Å². The van der Waals surface area contributed by atoms with Crippen molar-refractivity contribution in [3.63, 3.8) is 0 Å². The molecule has 3 aromatic rings. The van der Waals surface area contributed by atoms with Gasteiger partial charge in [0, 0.05) is 44.1 Å². The Morgan fingerprint density at radius 2 is 1.79 bits per heavy atom. The van der Waals surface area contributed by atoms with Crippen LogP contribution in [-0.4, -0.2) is 27.9 Å². The van der Waals surface area contributed by atoms with E-state index in [1.807, 2.05) is 42.5 Å². The SMILES string of the molecule is CN(C(=O)c1cnc(NCc2cccnc2)nc1)c1ccccc1. The van der Waals surface area contributed by atoms with Crippen LogP contribution >= 0.6 is 0 Å². The van der Waals surface area contributed by atoms with Crippen LogP contribution in [0.2, 0.25) is 0 Å². The lowest BCUT2D eigenvalue weighted by atomic mass is 10.2. The van der Waals surface area contributed by atoms with Gasteiger partial charge in [0.25, 0.3) is 5.91 Å². The number of nitrogens with zero attached hydrogens (tertiary/aromatic N) is 4. The van der Waals surface area contributed by atoms with Crippen LogP contribution in [0.4, 0.5) is 11.6 Å². The first kappa shape index (κ1) is 15.6. The lowest BCUT2D eigenvalue weighted by Crippen LogP contribution is -2.26. The van der Waals surface area contributed by atoms with Crippen molar-refractivity contribution >= 4 is 17.5 Å². The topological polar surface area (TPSA) is 71.0 Å². The molecule has 1 aromatic carbocycles. The zero-order valence-electron chi connectivity index (χ0n) is 13.3. The number of hydrogen-bond acceptors (Lipinski definition) is 5. The average Bonchev–Trinajstić information content (AvgIpc) is 2.67. The van der Waals surface area contributed by atoms with E-state index in [1.165, 1.54) is 12.4 Å². The van der Waals surface area contributed by atoms with Crippen molar-refractivity contribution in [2.45, 2.75) is 6.54 Å². The van der Waals surface area contributed by atoms with Crippen molar-refractivity contribution in [1.82, 2.24) is 15.0 Å². The molecule has 0 fully saturated rings. The Hall–Kier alpha value is -3.28. The third-order valence-electron chi connectivity index (χ3n) is 3.52. The zero-order valence-corrected chi connectivity index (χ0v) is 13.3. The monoisotopic (exact) mass is 319 g/mol. The Morgan fingerprint density at radius 1 is 1.04 bits per heavy atom. The second-order valence-electron chi connectivity index (χ2n) is 5.21. The highest BCUT2D eigenvalue weighted by atomic mass is 16.2. The van der Waals surface area contributed by atoms with Crippen LogP contribution in [-0.2, 0) is 6.54 Å². The number of amides is 1. The molecular formula is C18H17N5O. The molecule has 6 heteroatoms. The molecule has 0 bridgehead atoms. The summed E-state index contributed by atoms with van der Waals surface area (Å²) in [5.41, 5.74) is 2.29. The first-order valence-electron chi connectivity index (χ1n) is 7.52. The van der Waals surface area contributed by atoms with Crippen molar-refractivity contribution in [3.8, 4) is 0 Å². The van der Waals surface area contributed by atoms with Gasteiger partial charge in [-0.05, 0) is 23.8 Å². The summed E-state index contributed by atoms with van der Waals surface area (Å²) in [5.74, 6) is 0.317. The van der Waals surface area contributed by atoms with Crippen molar-refractivity contribution in [3.05, 3.63) is 78.4 Å². The molecule has 0 saturated heterocycles. The molecule has 1 amide bonds. The Morgan fingerprint density at radius 3 is 2.46 bits per heavy atom. The van der Waals surface area contributed by atoms with Crippen molar-refractivity contribution in [2.24, 2.45) is 0 Å². The van der Waals surface area contributed by atoms with Gasteiger partial charge in [0.2, 0.25) is 5.95 Å². The number of carbonyl (C=O) groups excluding carboxylic acids is 1. The van der Waals surface area contributed by atoms with Gasteiger partial charge < -0.3 is 10.2 Å². The van der Waals surface area contributed by atoms with Crippen LogP contribution in [0.25, 0.3) is 0 Å². The fourth-order valence-electron chi connectivity index (χ4n) is 2.18. The number of nitrogens with one attached hydrogen (secondary N) is 1. The number of carbonyl (C=O) groups is 1. The van der Waals surface area contributed by atoms with Crippen molar-refractivity contribution in [1.29, 1.82) is 0 Å². The normalized spacial score (nSPS) is 10.2. The van der Waals surface area contributed by atoms with Crippen LogP contribution in [0.15, 0.2) is 67.3 Å². The van der Waals surface area contributed by atoms with E-state index in [-0.39, 0.29) is 5.91 Å². The lowest BCUT2D eigenvalue weighted by molar-refractivity contribution is 0.0992. The maximum absolute atomic E-state index is 12.5. The number of para-hydroxylation sites is 1. The minimum absolute atomic E-state index is 0.153. The minimum atomic E-state index is -0.153. The smallest absolute Gasteiger partial charge is 0.261 e. The fourth-order valence-corrected chi connectivity index (χ4v) is 2.18. The van der Waals surface area contributed by atoms with Crippen molar-refractivity contribution < 1.29 is 4.79 Å². The number of benzene rings is 1. The quantitative estimate of drug-likeness (QED) is 0.783. The summed E-state index contributed by atoms with van der Waals surface area (Å²) < 4.78 is 0. The molecule has 24 heavy (non-hydrogen) atoms. The van der Waals surface area contributed by atoms with Gasteiger partial charge in [0.1, 0.15) is 0 Å². The third-order valence-corrected chi connectivity index (χ3v) is 3.52. The summed E-state index contributed by atoms with van der Waals surface area (Å²) in [4.78, 5) is 26.5. The molecule has 120 valence electrons. The molecule has 0 aliphatic carbocycles. The Labute approximate surface area is 140 Å². The van der Waals surface area contributed by atoms with Crippen molar-refractivity contribution in [2.75, 3.05) is 17.3 Å². The first-order valence-corrected chi connectivity index (χ1v) is 7.52. The molecule has 0 radical (unpaired) electrons. The number of rotatable bonds is 5. The van der Waals surface area contributed by atoms with Crippen LogP contribution in [0.1, 0.15) is 15.9 Å². The summed E-state index contributed by atoms with van der Waals surface area (Å²) in [6.07, 6.45) is 6.56. The van der Waals surface area contributed by atoms with E-state index in [9.17, 15) is 4.79 Å². The molecule has 2 heterocycles. The largest absolute Gasteiger partial charge is 0.350 e. The highest BCUT2D eigenvalue weighted by Gasteiger charge is 2.14. The predicted molar refractivity (Wildman–Crippen MR) is 92.8 cm³/mol. The molecule has 0 aliphatic rings. The maximum atomic E-state index is 12.5. The highest BCUT2D eigenvalue weighted by Crippen LogP contribution is 2.14. The van der Waals surface area contributed by atoms with E-state index in [1.54, 1.807) is 24.3 Å². The van der Waals surface area contributed by atoms with Gasteiger partial charge in [-0.2, -0.15) is 0 Å². The Kier molecular flexibility index (Phi) is 4.76. The fraction of sp³-hybridized carbons (Fsp3) is 0.111. The highest BCUT2D eigenvalue weighted by molar-refractivity contribution is 6.05. The standard InChI is InChI=1S/C18H17N5O/c1-23(16-7-3-2-4-8-16)17(24)15-12-21-18(22-13-15)20-11-14-6-5-9-19-10-14/h2-10,12-13H,11H2,1H3,(H,20,21,22). The van der Waals surface area contributed by atoms with Gasteiger partial charge in [-0.3, -0.25) is 9.78 Å². The number of hydrogen-bond donors (Lipinski definition) is 1. The average molecular weight is 319 g/mol. The van der Waals surface area contributed by atoms with E-state index in [4.69, 9.17) is 0 Å². The second kappa shape index (κ2) is 7.32. The van der Waals surface area contributed by atoms with Gasteiger partial charge in [-0.1, -0.05) is 24.3 Å². The van der Waals surface area contributed by atoms with Crippen LogP contribution in [0, 0.1) is 0 Å². The van der Waals surface area contributed by atoms with E-state index >= 15 is 0 Å². The van der Waals surface area contributed by atoms with E-state index < -0.39 is 0 Å². The van der Waals surface area contributed by atoms with E-state index in [0.29, 0.717) is 18.1 Å². The molecule has 0 unspecified atom stereocenters. The van der Waals surface area contributed by atoms with E-state index in [2.05, 4.69) is 20.3 Å². The molecule has 0 spiro atoms. The predicted octanol–water partition coefficient (Wildman–Crippen LogP) is 2.76. The molecule has 1 N–H and O–H groups in total. The minimum Gasteiger partial charge on any atom is -0.350 e. The number of aromatic nitrogens is 3. The number of anilines is 2. The van der Waals surface area contributed by atoms with Gasteiger partial charge in [-0.15, -0.1) is 0 Å². The first-order chi connectivity index (χ1) is 11.7. The molecule has 0 aliphatic heterocycles. The molecule has 2 aromatic heterocycles. The van der Waals surface area contributed by atoms with Gasteiger partial charge in [0.15, 0.2) is 0 Å². The van der Waals surface area contributed by atoms with Gasteiger partial charge in [-0.25, -0.2) is 9.97 Å². The van der Waals surface area contributed by atoms with E-state index in [0.717, 1.165) is 11.3 Å². The molecular weight excluding hydrogens is 302 g/mol. The zero-order chi connectivity index (χ0) is 16.8. The maximum Gasteiger partial charge on any atom is 0.261 e. The van der Waals surface area contributed by atoms with Crippen LogP contribution in [0.3, 0.4) is 0 Å². The molecule has 0 atom stereocenters. The summed E-state index contributed by atoms with van der Waals surface area (Å²) in [6, 6.07) is 13.3.